The first-order valence-electron chi connectivity index (χ1n) is 6.11. The molecule has 0 saturated heterocycles. The van der Waals surface area contributed by atoms with Crippen molar-refractivity contribution in [2.24, 2.45) is 0 Å². The van der Waals surface area contributed by atoms with Crippen molar-refractivity contribution in [2.75, 3.05) is 12.8 Å². The lowest BCUT2D eigenvalue weighted by Gasteiger charge is -2.11. The first kappa shape index (κ1) is 14.3. The van der Waals surface area contributed by atoms with Gasteiger partial charge in [-0.05, 0) is 18.2 Å². The largest absolute Gasteiger partial charge is 0.494 e. The van der Waals surface area contributed by atoms with Crippen molar-refractivity contribution in [3.8, 4) is 11.8 Å². The number of hydrogen-bond donors (Lipinski definition) is 1. The van der Waals surface area contributed by atoms with Crippen molar-refractivity contribution in [3.05, 3.63) is 53.3 Å². The molecule has 21 heavy (non-hydrogen) atoms. The van der Waals surface area contributed by atoms with Crippen LogP contribution in [0.25, 0.3) is 0 Å². The molecule has 0 aliphatic rings. The molecule has 0 fully saturated rings. The fourth-order valence-electron chi connectivity index (χ4n) is 1.82. The molecule has 1 aromatic carbocycles. The van der Waals surface area contributed by atoms with Crippen LogP contribution >= 0.6 is 0 Å². The molecule has 6 nitrogen and oxygen atoms in total. The number of nitrogens with two attached hydrogens (primary N) is 1. The van der Waals surface area contributed by atoms with Crippen LogP contribution in [0.4, 0.5) is 5.69 Å². The van der Waals surface area contributed by atoms with Gasteiger partial charge in [0.05, 0.1) is 12.8 Å². The fraction of sp³-hybridized carbons (Fsp3) is 0.133. The molecule has 6 heteroatoms. The Kier molecular flexibility index (Phi) is 4.36. The third-order valence-corrected chi connectivity index (χ3v) is 2.83. The van der Waals surface area contributed by atoms with E-state index in [1.807, 2.05) is 6.07 Å². The van der Waals surface area contributed by atoms with Crippen LogP contribution < -0.4 is 10.5 Å². The van der Waals surface area contributed by atoms with E-state index in [4.69, 9.17) is 20.5 Å². The molecule has 0 amide bonds. The number of carbonyl (C=O) groups is 1. The second-order valence-corrected chi connectivity index (χ2v) is 4.13. The molecule has 2 rings (SSSR count). The molecule has 106 valence electrons. The van der Waals surface area contributed by atoms with Crippen LogP contribution in [0.3, 0.4) is 0 Å². The van der Waals surface area contributed by atoms with Crippen LogP contribution in [-0.2, 0) is 11.3 Å². The molecule has 0 atom stereocenters. The van der Waals surface area contributed by atoms with Gasteiger partial charge in [0.2, 0.25) is 0 Å². The lowest BCUT2D eigenvalue weighted by Crippen LogP contribution is -2.09. The molecule has 0 aliphatic carbocycles. The van der Waals surface area contributed by atoms with E-state index in [1.165, 1.54) is 13.3 Å². The monoisotopic (exact) mass is 283 g/mol. The zero-order valence-corrected chi connectivity index (χ0v) is 11.4. The van der Waals surface area contributed by atoms with Crippen LogP contribution in [0, 0.1) is 11.3 Å². The van der Waals surface area contributed by atoms with Gasteiger partial charge in [0, 0.05) is 11.8 Å². The van der Waals surface area contributed by atoms with Crippen LogP contribution in [0.5, 0.6) is 5.75 Å². The SMILES string of the molecule is COc1c(N)cccc1C(=O)OCc1cccnc1C#N. The highest BCUT2D eigenvalue weighted by Gasteiger charge is 2.16. The number of ether oxygens (including phenoxy) is 2. The summed E-state index contributed by atoms with van der Waals surface area (Å²) < 4.78 is 10.3. The first-order valence-corrected chi connectivity index (χ1v) is 6.11. The van der Waals surface area contributed by atoms with E-state index in [9.17, 15) is 4.79 Å². The summed E-state index contributed by atoms with van der Waals surface area (Å²) in [7, 11) is 1.43. The first-order chi connectivity index (χ1) is 10.2. The highest BCUT2D eigenvalue weighted by molar-refractivity contribution is 5.94. The molecule has 1 heterocycles. The van der Waals surface area contributed by atoms with E-state index >= 15 is 0 Å². The molecule has 0 bridgehead atoms. The number of nitrogens with zero attached hydrogens (tertiary/aromatic N) is 2. The number of aromatic nitrogens is 1. The Balaban J connectivity index is 2.16. The zero-order chi connectivity index (χ0) is 15.2. The molecule has 2 N–H and O–H groups in total. The summed E-state index contributed by atoms with van der Waals surface area (Å²) in [4.78, 5) is 16.0. The van der Waals surface area contributed by atoms with Gasteiger partial charge in [-0.25, -0.2) is 9.78 Å². The maximum atomic E-state index is 12.1. The van der Waals surface area contributed by atoms with E-state index in [0.717, 1.165) is 0 Å². The summed E-state index contributed by atoms with van der Waals surface area (Å²) in [5, 5.41) is 8.93. The molecule has 0 spiro atoms. The Labute approximate surface area is 121 Å². The van der Waals surface area contributed by atoms with Crippen molar-refractivity contribution in [2.45, 2.75) is 6.61 Å². The van der Waals surface area contributed by atoms with Crippen LogP contribution in [0.15, 0.2) is 36.5 Å². The van der Waals surface area contributed by atoms with Crippen molar-refractivity contribution in [1.29, 1.82) is 5.26 Å². The number of anilines is 1. The number of nitrogen functional groups attached to an aromatic ring is 1. The van der Waals surface area contributed by atoms with Crippen molar-refractivity contribution < 1.29 is 14.3 Å². The molecule has 2 aromatic rings. The molecule has 0 aliphatic heterocycles. The van der Waals surface area contributed by atoms with Crippen LogP contribution in [0.1, 0.15) is 21.6 Å². The maximum absolute atomic E-state index is 12.1. The number of pyridine rings is 1. The van der Waals surface area contributed by atoms with E-state index in [1.54, 1.807) is 30.3 Å². The second-order valence-electron chi connectivity index (χ2n) is 4.13. The second kappa shape index (κ2) is 6.39. The topological polar surface area (TPSA) is 98.2 Å². The van der Waals surface area contributed by atoms with Gasteiger partial charge in [-0.3, -0.25) is 0 Å². The van der Waals surface area contributed by atoms with Crippen molar-refractivity contribution >= 4 is 11.7 Å². The number of esters is 1. The Morgan fingerprint density at radius 1 is 1.38 bits per heavy atom. The maximum Gasteiger partial charge on any atom is 0.342 e. The third-order valence-electron chi connectivity index (χ3n) is 2.83. The summed E-state index contributed by atoms with van der Waals surface area (Å²) in [6.45, 7) is -0.0481. The van der Waals surface area contributed by atoms with Crippen molar-refractivity contribution in [3.63, 3.8) is 0 Å². The van der Waals surface area contributed by atoms with Crippen LogP contribution in [0.2, 0.25) is 0 Å². The minimum Gasteiger partial charge on any atom is -0.494 e. The molecular weight excluding hydrogens is 270 g/mol. The van der Waals surface area contributed by atoms with Gasteiger partial charge < -0.3 is 15.2 Å². The average molecular weight is 283 g/mol. The standard InChI is InChI=1S/C15H13N3O3/c1-20-14-11(5-2-6-12(14)17)15(19)21-9-10-4-3-7-18-13(10)8-16/h2-7H,9,17H2,1H3. The van der Waals surface area contributed by atoms with E-state index in [-0.39, 0.29) is 23.6 Å². The van der Waals surface area contributed by atoms with Gasteiger partial charge in [0.1, 0.15) is 23.9 Å². The quantitative estimate of drug-likeness (QED) is 0.679. The van der Waals surface area contributed by atoms with Gasteiger partial charge in [-0.1, -0.05) is 12.1 Å². The average Bonchev–Trinajstić information content (AvgIpc) is 2.52. The zero-order valence-electron chi connectivity index (χ0n) is 11.4. The Hall–Kier alpha value is -3.07. The molecular formula is C15H13N3O3. The van der Waals surface area contributed by atoms with Crippen LogP contribution in [-0.4, -0.2) is 18.1 Å². The van der Waals surface area contributed by atoms with E-state index in [2.05, 4.69) is 4.98 Å². The van der Waals surface area contributed by atoms with Gasteiger partial charge in [-0.15, -0.1) is 0 Å². The number of hydrogen-bond acceptors (Lipinski definition) is 6. The van der Waals surface area contributed by atoms with Gasteiger partial charge >= 0.3 is 5.97 Å². The summed E-state index contributed by atoms with van der Waals surface area (Å²) >= 11 is 0. The number of para-hydroxylation sites is 1. The molecule has 0 saturated carbocycles. The predicted molar refractivity (Wildman–Crippen MR) is 75.5 cm³/mol. The third kappa shape index (κ3) is 3.09. The number of benzene rings is 1. The Morgan fingerprint density at radius 3 is 2.90 bits per heavy atom. The number of methoxy groups -OCH3 is 1. The number of carbonyl (C=O) groups excluding carboxylic acids is 1. The van der Waals surface area contributed by atoms with E-state index < -0.39 is 5.97 Å². The Morgan fingerprint density at radius 2 is 2.19 bits per heavy atom. The number of rotatable bonds is 4. The molecule has 0 unspecified atom stereocenters. The summed E-state index contributed by atoms with van der Waals surface area (Å²) in [5.74, 6) is -0.305. The van der Waals surface area contributed by atoms with Gasteiger partial charge in [0.25, 0.3) is 0 Å². The van der Waals surface area contributed by atoms with Crippen molar-refractivity contribution in [1.82, 2.24) is 4.98 Å². The Bertz CT molecular complexity index is 708. The number of nitriles is 1. The fourth-order valence-corrected chi connectivity index (χ4v) is 1.82. The lowest BCUT2D eigenvalue weighted by atomic mass is 10.1. The summed E-state index contributed by atoms with van der Waals surface area (Å²) in [5.41, 5.74) is 7.09. The minimum absolute atomic E-state index is 0.0481. The summed E-state index contributed by atoms with van der Waals surface area (Å²) in [6, 6.07) is 10.1. The minimum atomic E-state index is -0.577. The van der Waals surface area contributed by atoms with E-state index in [0.29, 0.717) is 11.3 Å². The van der Waals surface area contributed by atoms with Gasteiger partial charge in [0.15, 0.2) is 5.75 Å². The highest BCUT2D eigenvalue weighted by Crippen LogP contribution is 2.26. The normalized spacial score (nSPS) is 9.71. The smallest absolute Gasteiger partial charge is 0.342 e. The molecule has 1 aromatic heterocycles. The molecule has 0 radical (unpaired) electrons. The lowest BCUT2D eigenvalue weighted by molar-refractivity contribution is 0.0468. The van der Waals surface area contributed by atoms with Gasteiger partial charge in [-0.2, -0.15) is 5.26 Å². The predicted octanol–water partition coefficient (Wildman–Crippen LogP) is 1.90. The highest BCUT2D eigenvalue weighted by atomic mass is 16.5. The summed E-state index contributed by atoms with van der Waals surface area (Å²) in [6.07, 6.45) is 1.50.